The molecular formula is C16H27NO2. The van der Waals surface area contributed by atoms with Crippen LogP contribution in [0.15, 0.2) is 0 Å². The number of aliphatic hydroxyl groups is 1. The zero-order valence-electron chi connectivity index (χ0n) is 12.0. The van der Waals surface area contributed by atoms with Crippen molar-refractivity contribution in [2.75, 3.05) is 6.61 Å². The summed E-state index contributed by atoms with van der Waals surface area (Å²) in [4.78, 5) is 12.2. The molecule has 0 aromatic rings. The molecule has 4 aliphatic carbocycles. The Bertz CT molecular complexity index is 313. The molecule has 4 rings (SSSR count). The van der Waals surface area contributed by atoms with Gasteiger partial charge in [0.1, 0.15) is 0 Å². The molecule has 0 saturated heterocycles. The average Bonchev–Trinajstić information content (AvgIpc) is 2.33. The maximum absolute atomic E-state index is 12.2. The van der Waals surface area contributed by atoms with Gasteiger partial charge in [-0.05, 0) is 68.1 Å². The van der Waals surface area contributed by atoms with Gasteiger partial charge in [0, 0.05) is 6.42 Å². The van der Waals surface area contributed by atoms with Crippen LogP contribution in [-0.2, 0) is 4.79 Å². The normalized spacial score (nSPS) is 41.3. The van der Waals surface area contributed by atoms with E-state index in [2.05, 4.69) is 5.32 Å². The van der Waals surface area contributed by atoms with Crippen LogP contribution in [0.1, 0.15) is 58.3 Å². The van der Waals surface area contributed by atoms with E-state index >= 15 is 0 Å². The second kappa shape index (κ2) is 5.08. The van der Waals surface area contributed by atoms with E-state index in [1.54, 1.807) is 0 Å². The van der Waals surface area contributed by atoms with Crippen molar-refractivity contribution in [3.63, 3.8) is 0 Å². The van der Waals surface area contributed by atoms with Gasteiger partial charge in [0.05, 0.1) is 12.6 Å². The monoisotopic (exact) mass is 265 g/mol. The summed E-state index contributed by atoms with van der Waals surface area (Å²) in [6.45, 7) is 2.06. The van der Waals surface area contributed by atoms with Gasteiger partial charge in [-0.15, -0.1) is 0 Å². The Morgan fingerprint density at radius 1 is 1.21 bits per heavy atom. The summed E-state index contributed by atoms with van der Waals surface area (Å²) < 4.78 is 0. The van der Waals surface area contributed by atoms with Gasteiger partial charge in [-0.25, -0.2) is 0 Å². The molecule has 0 aromatic heterocycles. The molecule has 4 aliphatic rings. The first kappa shape index (κ1) is 13.4. The van der Waals surface area contributed by atoms with E-state index in [0.717, 1.165) is 24.2 Å². The minimum Gasteiger partial charge on any atom is -0.394 e. The Kier molecular flexibility index (Phi) is 3.59. The number of hydrogen-bond acceptors (Lipinski definition) is 2. The molecule has 108 valence electrons. The zero-order valence-corrected chi connectivity index (χ0v) is 12.0. The van der Waals surface area contributed by atoms with Crippen molar-refractivity contribution in [3.8, 4) is 0 Å². The van der Waals surface area contributed by atoms with Crippen molar-refractivity contribution >= 4 is 5.91 Å². The zero-order chi connectivity index (χ0) is 13.5. The fourth-order valence-electron chi connectivity index (χ4n) is 5.40. The van der Waals surface area contributed by atoms with Crippen LogP contribution >= 0.6 is 0 Å². The van der Waals surface area contributed by atoms with Crippen molar-refractivity contribution in [2.24, 2.45) is 23.2 Å². The molecule has 0 unspecified atom stereocenters. The molecule has 0 aromatic carbocycles. The molecular weight excluding hydrogens is 238 g/mol. The van der Waals surface area contributed by atoms with Crippen molar-refractivity contribution in [1.82, 2.24) is 5.32 Å². The van der Waals surface area contributed by atoms with Gasteiger partial charge in [0.2, 0.25) is 5.91 Å². The number of rotatable bonds is 5. The summed E-state index contributed by atoms with van der Waals surface area (Å²) in [5.41, 5.74) is 0.312. The van der Waals surface area contributed by atoms with Crippen molar-refractivity contribution in [3.05, 3.63) is 0 Å². The number of amides is 1. The second-order valence-corrected chi connectivity index (χ2v) is 7.45. The smallest absolute Gasteiger partial charge is 0.220 e. The lowest BCUT2D eigenvalue weighted by atomic mass is 9.49. The predicted molar refractivity (Wildman–Crippen MR) is 74.5 cm³/mol. The van der Waals surface area contributed by atoms with Crippen LogP contribution in [0.3, 0.4) is 0 Å². The Morgan fingerprint density at radius 2 is 1.74 bits per heavy atom. The van der Waals surface area contributed by atoms with Crippen LogP contribution in [0.4, 0.5) is 0 Å². The van der Waals surface area contributed by atoms with Gasteiger partial charge >= 0.3 is 0 Å². The highest BCUT2D eigenvalue weighted by Gasteiger charge is 2.51. The fourth-order valence-corrected chi connectivity index (χ4v) is 5.40. The Labute approximate surface area is 116 Å². The SMILES string of the molecule is CC[C@H](CO)NC(=O)CC12CC3CC(CC(C3)C1)C2. The Morgan fingerprint density at radius 3 is 2.16 bits per heavy atom. The number of aliphatic hydroxyl groups excluding tert-OH is 1. The quantitative estimate of drug-likeness (QED) is 0.802. The highest BCUT2D eigenvalue weighted by Crippen LogP contribution is 2.61. The van der Waals surface area contributed by atoms with Crippen LogP contribution < -0.4 is 5.32 Å². The first-order valence-electron chi connectivity index (χ1n) is 8.02. The Hall–Kier alpha value is -0.570. The van der Waals surface area contributed by atoms with E-state index < -0.39 is 0 Å². The summed E-state index contributed by atoms with van der Waals surface area (Å²) in [7, 11) is 0. The van der Waals surface area contributed by atoms with Crippen molar-refractivity contribution in [2.45, 2.75) is 64.3 Å². The van der Waals surface area contributed by atoms with E-state index in [9.17, 15) is 9.90 Å². The van der Waals surface area contributed by atoms with Gasteiger partial charge < -0.3 is 10.4 Å². The number of carbonyl (C=O) groups is 1. The third-order valence-corrected chi connectivity index (χ3v) is 5.78. The highest BCUT2D eigenvalue weighted by atomic mass is 16.3. The molecule has 4 bridgehead atoms. The first-order chi connectivity index (χ1) is 9.12. The lowest BCUT2D eigenvalue weighted by Crippen LogP contribution is -2.49. The van der Waals surface area contributed by atoms with Crippen LogP contribution in [0.25, 0.3) is 0 Å². The van der Waals surface area contributed by atoms with E-state index in [0.29, 0.717) is 11.8 Å². The molecule has 3 heteroatoms. The highest BCUT2D eigenvalue weighted by molar-refractivity contribution is 5.77. The third-order valence-electron chi connectivity index (χ3n) is 5.78. The molecule has 4 saturated carbocycles. The molecule has 1 amide bonds. The van der Waals surface area contributed by atoms with E-state index in [4.69, 9.17) is 0 Å². The summed E-state index contributed by atoms with van der Waals surface area (Å²) in [6.07, 6.45) is 9.63. The molecule has 2 N–H and O–H groups in total. The summed E-state index contributed by atoms with van der Waals surface area (Å²) in [5.74, 6) is 2.87. The van der Waals surface area contributed by atoms with Gasteiger partial charge in [0.25, 0.3) is 0 Å². The topological polar surface area (TPSA) is 49.3 Å². The molecule has 3 nitrogen and oxygen atoms in total. The third kappa shape index (κ3) is 2.67. The maximum atomic E-state index is 12.2. The molecule has 0 heterocycles. The summed E-state index contributed by atoms with van der Waals surface area (Å²) in [5, 5.41) is 12.2. The van der Waals surface area contributed by atoms with Gasteiger partial charge in [-0.3, -0.25) is 4.79 Å². The van der Waals surface area contributed by atoms with E-state index in [1.807, 2.05) is 6.92 Å². The maximum Gasteiger partial charge on any atom is 0.220 e. The molecule has 4 fully saturated rings. The van der Waals surface area contributed by atoms with E-state index in [1.165, 1.54) is 38.5 Å². The largest absolute Gasteiger partial charge is 0.394 e. The molecule has 0 aliphatic heterocycles. The first-order valence-corrected chi connectivity index (χ1v) is 8.02. The van der Waals surface area contributed by atoms with Gasteiger partial charge in [-0.1, -0.05) is 6.92 Å². The molecule has 0 radical (unpaired) electrons. The van der Waals surface area contributed by atoms with Crippen LogP contribution in [0.2, 0.25) is 0 Å². The van der Waals surface area contributed by atoms with Crippen molar-refractivity contribution in [1.29, 1.82) is 0 Å². The minimum absolute atomic E-state index is 0.0542. The van der Waals surface area contributed by atoms with Crippen LogP contribution in [0.5, 0.6) is 0 Å². The van der Waals surface area contributed by atoms with Gasteiger partial charge in [0.15, 0.2) is 0 Å². The number of nitrogens with one attached hydrogen (secondary N) is 1. The lowest BCUT2D eigenvalue weighted by Gasteiger charge is -2.56. The van der Waals surface area contributed by atoms with E-state index in [-0.39, 0.29) is 18.6 Å². The number of hydrogen-bond donors (Lipinski definition) is 2. The summed E-state index contributed by atoms with van der Waals surface area (Å²) >= 11 is 0. The lowest BCUT2D eigenvalue weighted by molar-refractivity contribution is -0.130. The molecule has 19 heavy (non-hydrogen) atoms. The van der Waals surface area contributed by atoms with Crippen LogP contribution in [-0.4, -0.2) is 23.7 Å². The fraction of sp³-hybridized carbons (Fsp3) is 0.938. The van der Waals surface area contributed by atoms with Crippen molar-refractivity contribution < 1.29 is 9.90 Å². The number of carbonyl (C=O) groups excluding carboxylic acids is 1. The average molecular weight is 265 g/mol. The van der Waals surface area contributed by atoms with Crippen LogP contribution in [0, 0.1) is 23.2 Å². The minimum atomic E-state index is -0.0542. The molecule has 0 spiro atoms. The second-order valence-electron chi connectivity index (χ2n) is 7.45. The Balaban J connectivity index is 1.61. The predicted octanol–water partition coefficient (Wildman–Crippen LogP) is 2.48. The van der Waals surface area contributed by atoms with Gasteiger partial charge in [-0.2, -0.15) is 0 Å². The molecule has 1 atom stereocenters. The summed E-state index contributed by atoms with van der Waals surface area (Å²) in [6, 6.07) is -0.0542. The standard InChI is InChI=1S/C16H27NO2/c1-2-14(10-18)17-15(19)9-16-6-11-3-12(7-16)5-13(4-11)8-16/h11-14,18H,2-10H2,1H3,(H,17,19)/t11?,12?,13?,14-,16?/m1/s1.